The van der Waals surface area contributed by atoms with Crippen molar-refractivity contribution in [2.45, 2.75) is 40.2 Å². The highest BCUT2D eigenvalue weighted by Crippen LogP contribution is 2.32. The predicted octanol–water partition coefficient (Wildman–Crippen LogP) is 0.0687. The van der Waals surface area contributed by atoms with Crippen LogP contribution in [0.15, 0.2) is 22.5 Å². The minimum Gasteiger partial charge on any atom is -0.463 e. The fourth-order valence-corrected chi connectivity index (χ4v) is 5.57. The van der Waals surface area contributed by atoms with Crippen LogP contribution in [-0.4, -0.2) is 81.5 Å². The third-order valence-electron chi connectivity index (χ3n) is 5.47. The lowest BCUT2D eigenvalue weighted by atomic mass is 9.85. The second kappa shape index (κ2) is 10.8. The van der Waals surface area contributed by atoms with Crippen molar-refractivity contribution in [1.82, 2.24) is 10.2 Å². The first-order chi connectivity index (χ1) is 15.4. The van der Waals surface area contributed by atoms with E-state index >= 15 is 0 Å². The molecule has 33 heavy (non-hydrogen) atoms. The second-order valence-electron chi connectivity index (χ2n) is 7.75. The van der Waals surface area contributed by atoms with Crippen molar-refractivity contribution in [3.63, 3.8) is 0 Å². The van der Waals surface area contributed by atoms with E-state index in [9.17, 15) is 27.6 Å². The van der Waals surface area contributed by atoms with Crippen LogP contribution in [0, 0.1) is 5.92 Å². The van der Waals surface area contributed by atoms with Gasteiger partial charge in [0.2, 0.25) is 0 Å². The maximum Gasteiger partial charge on any atom is 0.337 e. The Bertz CT molecular complexity index is 957. The molecule has 1 atom stereocenters. The molecule has 0 aliphatic carbocycles. The Morgan fingerprint density at radius 1 is 0.970 bits per heavy atom. The van der Waals surface area contributed by atoms with Crippen molar-refractivity contribution >= 4 is 33.7 Å². The van der Waals surface area contributed by atoms with E-state index in [0.717, 1.165) is 0 Å². The molecule has 2 aliphatic rings. The molecule has 1 N–H and O–H groups in total. The topological polar surface area (TPSA) is 145 Å². The molecule has 1 saturated heterocycles. The number of amides is 1. The number of hydrogen-bond acceptors (Lipinski definition) is 10. The number of sulfone groups is 1. The molecule has 2 aliphatic heterocycles. The van der Waals surface area contributed by atoms with Gasteiger partial charge in [-0.05, 0) is 34.1 Å². The Morgan fingerprint density at radius 3 is 1.91 bits per heavy atom. The number of ether oxygens (including phenoxy) is 3. The zero-order valence-electron chi connectivity index (χ0n) is 19.4. The van der Waals surface area contributed by atoms with E-state index in [1.165, 1.54) is 11.9 Å². The maximum atomic E-state index is 13.1. The van der Waals surface area contributed by atoms with Crippen molar-refractivity contribution in [2.24, 2.45) is 5.92 Å². The number of allylic oxidation sites excluding steroid dienone is 2. The molecular formula is C21H30N2O9S. The van der Waals surface area contributed by atoms with E-state index in [0.29, 0.717) is 17.8 Å². The normalized spacial score (nSPS) is 20.2. The molecule has 1 fully saturated rings. The van der Waals surface area contributed by atoms with Gasteiger partial charge in [-0.3, -0.25) is 9.59 Å². The molecule has 184 valence electrons. The van der Waals surface area contributed by atoms with Gasteiger partial charge in [-0.1, -0.05) is 0 Å². The summed E-state index contributed by atoms with van der Waals surface area (Å²) in [6.45, 7) is 5.71. The van der Waals surface area contributed by atoms with Crippen molar-refractivity contribution in [2.75, 3.05) is 38.4 Å². The molecule has 0 bridgehead atoms. The highest BCUT2D eigenvalue weighted by molar-refractivity contribution is 7.91. The van der Waals surface area contributed by atoms with Gasteiger partial charge < -0.3 is 24.4 Å². The lowest BCUT2D eigenvalue weighted by Gasteiger charge is -2.29. The lowest BCUT2D eigenvalue weighted by Crippen LogP contribution is -2.42. The molecule has 12 heteroatoms. The fraction of sp³-hybridized carbons (Fsp3) is 0.619. The summed E-state index contributed by atoms with van der Waals surface area (Å²) in [5.74, 6) is -4.82. The van der Waals surface area contributed by atoms with Crippen molar-refractivity contribution in [3.05, 3.63) is 22.5 Å². The molecule has 0 spiro atoms. The first-order valence-corrected chi connectivity index (χ1v) is 12.4. The Balaban J connectivity index is 2.25. The van der Waals surface area contributed by atoms with Crippen LogP contribution in [0.2, 0.25) is 0 Å². The highest BCUT2D eigenvalue weighted by Gasteiger charge is 2.43. The van der Waals surface area contributed by atoms with Crippen LogP contribution in [0.25, 0.3) is 0 Å². The molecule has 0 aromatic heterocycles. The Hall–Kier alpha value is -2.89. The van der Waals surface area contributed by atoms with Crippen LogP contribution in [0.5, 0.6) is 0 Å². The van der Waals surface area contributed by atoms with Crippen molar-refractivity contribution in [1.29, 1.82) is 0 Å². The van der Waals surface area contributed by atoms with Gasteiger partial charge in [-0.2, -0.15) is 0 Å². The number of esters is 3. The minimum atomic E-state index is -3.20. The van der Waals surface area contributed by atoms with Crippen molar-refractivity contribution in [3.8, 4) is 0 Å². The maximum absolute atomic E-state index is 13.1. The molecule has 0 unspecified atom stereocenters. The van der Waals surface area contributed by atoms with Gasteiger partial charge in [-0.15, -0.1) is 0 Å². The van der Waals surface area contributed by atoms with E-state index in [-0.39, 0.29) is 35.9 Å². The van der Waals surface area contributed by atoms with Gasteiger partial charge in [0.15, 0.2) is 16.4 Å². The molecule has 0 aromatic carbocycles. The quantitative estimate of drug-likeness (QED) is 0.369. The number of nitrogens with zero attached hydrogens (tertiary/aromatic N) is 1. The first kappa shape index (κ1) is 26.4. The molecule has 0 aromatic rings. The summed E-state index contributed by atoms with van der Waals surface area (Å²) < 4.78 is 38.7. The van der Waals surface area contributed by atoms with Crippen LogP contribution in [0.4, 0.5) is 0 Å². The number of nitrogens with one attached hydrogen (secondary N) is 1. The van der Waals surface area contributed by atoms with Crippen LogP contribution >= 0.6 is 0 Å². The minimum absolute atomic E-state index is 0.00983. The molecule has 2 heterocycles. The zero-order chi connectivity index (χ0) is 24.9. The molecule has 1 amide bonds. The number of dihydropyridines is 1. The summed E-state index contributed by atoms with van der Waals surface area (Å²) in [6, 6.07) is -0.505. The number of carbonyl (C=O) groups excluding carboxylic acids is 4. The average molecular weight is 487 g/mol. The lowest BCUT2D eigenvalue weighted by molar-refractivity contribution is -0.156. The van der Waals surface area contributed by atoms with Gasteiger partial charge in [0.25, 0.3) is 5.91 Å². The summed E-state index contributed by atoms with van der Waals surface area (Å²) in [5.41, 5.74) is 0.387. The van der Waals surface area contributed by atoms with E-state index in [2.05, 4.69) is 5.32 Å². The van der Waals surface area contributed by atoms with E-state index in [4.69, 9.17) is 14.2 Å². The summed E-state index contributed by atoms with van der Waals surface area (Å²) in [4.78, 5) is 52.0. The van der Waals surface area contributed by atoms with Crippen LogP contribution in [0.3, 0.4) is 0 Å². The van der Waals surface area contributed by atoms with Gasteiger partial charge >= 0.3 is 17.9 Å². The van der Waals surface area contributed by atoms with Gasteiger partial charge in [-0.25, -0.2) is 18.0 Å². The summed E-state index contributed by atoms with van der Waals surface area (Å²) in [7, 11) is -1.76. The fourth-order valence-electron chi connectivity index (χ4n) is 3.79. The summed E-state index contributed by atoms with van der Waals surface area (Å²) in [5, 5.41) is 2.89. The summed E-state index contributed by atoms with van der Waals surface area (Å²) in [6.07, 6.45) is 0.302. The Morgan fingerprint density at radius 2 is 1.48 bits per heavy atom. The van der Waals surface area contributed by atoms with E-state index in [1.807, 2.05) is 0 Å². The molecule has 11 nitrogen and oxygen atoms in total. The Labute approximate surface area is 193 Å². The van der Waals surface area contributed by atoms with Crippen molar-refractivity contribution < 1.29 is 41.8 Å². The Kier molecular flexibility index (Phi) is 8.64. The third kappa shape index (κ3) is 6.12. The standard InChI is InChI=1S/C21H30N2O9S/c1-6-30-19(25)16-12(3)22-13(4)17(20(26)31-7-2)18(16)21(27)32-10-15(24)23(5)14-8-9-33(28,29)11-14/h14,18,22H,6-11H2,1-5H3/t14-/m0/s1. The highest BCUT2D eigenvalue weighted by atomic mass is 32.2. The third-order valence-corrected chi connectivity index (χ3v) is 7.22. The molecule has 2 rings (SSSR count). The average Bonchev–Trinajstić information content (AvgIpc) is 3.10. The predicted molar refractivity (Wildman–Crippen MR) is 116 cm³/mol. The first-order valence-electron chi connectivity index (χ1n) is 10.6. The number of hydrogen-bond donors (Lipinski definition) is 1. The van der Waals surface area contributed by atoms with E-state index < -0.39 is 52.2 Å². The zero-order valence-corrected chi connectivity index (χ0v) is 20.2. The van der Waals surface area contributed by atoms with Crippen LogP contribution < -0.4 is 5.32 Å². The number of rotatable bonds is 8. The van der Waals surface area contributed by atoms with Gasteiger partial charge in [0.05, 0.1) is 35.9 Å². The van der Waals surface area contributed by atoms with Crippen LogP contribution in [0.1, 0.15) is 34.1 Å². The smallest absolute Gasteiger partial charge is 0.337 e. The number of likely N-dealkylation sites (N-methyl/N-ethyl adjacent to an activating group) is 1. The van der Waals surface area contributed by atoms with Crippen LogP contribution in [-0.2, 0) is 43.2 Å². The van der Waals surface area contributed by atoms with Gasteiger partial charge in [0.1, 0.15) is 5.92 Å². The largest absolute Gasteiger partial charge is 0.463 e. The van der Waals surface area contributed by atoms with E-state index in [1.54, 1.807) is 27.7 Å². The summed E-state index contributed by atoms with van der Waals surface area (Å²) >= 11 is 0. The molecule has 0 saturated carbocycles. The molecule has 0 radical (unpaired) electrons. The second-order valence-corrected chi connectivity index (χ2v) is 9.97. The monoisotopic (exact) mass is 486 g/mol. The number of carbonyl (C=O) groups is 4. The molecular weight excluding hydrogens is 456 g/mol. The SMILES string of the molecule is CCOC(=O)C1=C(C)NC(C)=C(C(=O)OCC)C1C(=O)OCC(=O)N(C)[C@H]1CCS(=O)(=O)C1. The van der Waals surface area contributed by atoms with Gasteiger partial charge in [0, 0.05) is 24.5 Å².